The van der Waals surface area contributed by atoms with Gasteiger partial charge < -0.3 is 15.1 Å². The van der Waals surface area contributed by atoms with Crippen molar-refractivity contribution < 1.29 is 22.9 Å². The van der Waals surface area contributed by atoms with E-state index in [9.17, 15) is 28.1 Å². The highest BCUT2D eigenvalue weighted by Crippen LogP contribution is 2.38. The van der Waals surface area contributed by atoms with E-state index < -0.39 is 22.4 Å². The predicted octanol–water partition coefficient (Wildman–Crippen LogP) is 6.27. The van der Waals surface area contributed by atoms with Crippen LogP contribution in [0.25, 0.3) is 0 Å². The molecule has 37 heavy (non-hydrogen) atoms. The highest BCUT2D eigenvalue weighted by atomic mass is 19.4. The molecule has 2 aliphatic heterocycles. The maximum atomic E-state index is 13.2. The van der Waals surface area contributed by atoms with Gasteiger partial charge in [-0.2, -0.15) is 13.2 Å². The molecule has 0 aromatic heterocycles. The normalized spacial score (nSPS) is 18.4. The Kier molecular flexibility index (Phi) is 9.04. The largest absolute Gasteiger partial charge is 0.423 e. The second-order valence-electron chi connectivity index (χ2n) is 9.76. The second-order valence-corrected chi connectivity index (χ2v) is 9.76. The van der Waals surface area contributed by atoms with E-state index in [-0.39, 0.29) is 25.1 Å². The molecule has 1 N–H and O–H groups in total. The van der Waals surface area contributed by atoms with E-state index in [0.29, 0.717) is 31.8 Å². The van der Waals surface area contributed by atoms with E-state index in [1.54, 1.807) is 4.90 Å². The van der Waals surface area contributed by atoms with Gasteiger partial charge in [0.25, 0.3) is 5.69 Å². The van der Waals surface area contributed by atoms with Gasteiger partial charge in [-0.1, -0.05) is 25.1 Å². The minimum Gasteiger partial charge on any atom is -0.380 e. The summed E-state index contributed by atoms with van der Waals surface area (Å²) >= 11 is 0. The lowest BCUT2D eigenvalue weighted by Crippen LogP contribution is -2.35. The molecule has 1 atom stereocenters. The number of hydrogen-bond donors (Lipinski definition) is 1. The zero-order chi connectivity index (χ0) is 25.9. The third-order valence-corrected chi connectivity index (χ3v) is 7.19. The Hall–Kier alpha value is -3.30. The number of carbonyl (C=O) groups excluding carboxylic acids is 1. The van der Waals surface area contributed by atoms with Gasteiger partial charge in [0, 0.05) is 56.1 Å². The van der Waals surface area contributed by atoms with Gasteiger partial charge >= 0.3 is 6.18 Å². The van der Waals surface area contributed by atoms with Crippen LogP contribution < -0.4 is 10.2 Å². The van der Waals surface area contributed by atoms with E-state index in [1.165, 1.54) is 17.3 Å². The maximum Gasteiger partial charge on any atom is 0.423 e. The van der Waals surface area contributed by atoms with Crippen molar-refractivity contribution in [1.82, 2.24) is 4.90 Å². The average Bonchev–Trinajstić information content (AvgIpc) is 3.31. The molecule has 0 spiro atoms. The molecule has 2 aromatic rings. The number of likely N-dealkylation sites (tertiary alicyclic amines) is 1. The Labute approximate surface area is 215 Å². The monoisotopic (exact) mass is 520 g/mol. The second kappa shape index (κ2) is 11.8. The summed E-state index contributed by atoms with van der Waals surface area (Å²) in [6.07, 6.45) is -0.808. The number of halogens is 3. The molecule has 0 radical (unpaired) electrons. The Morgan fingerprint density at radius 3 is 2.38 bits per heavy atom. The lowest BCUT2D eigenvalue weighted by atomic mass is 9.91. The molecular formula is C27H35F3N4O3. The summed E-state index contributed by atoms with van der Waals surface area (Å²) in [7, 11) is 0. The highest BCUT2D eigenvalue weighted by Gasteiger charge is 2.38. The third kappa shape index (κ3) is 7.14. The van der Waals surface area contributed by atoms with Gasteiger partial charge in [-0.25, -0.2) is 0 Å². The number of amides is 1. The fraction of sp³-hybridized carbons (Fsp3) is 0.519. The van der Waals surface area contributed by atoms with E-state index in [4.69, 9.17) is 0 Å². The van der Waals surface area contributed by atoms with Crippen molar-refractivity contribution in [2.24, 2.45) is 5.92 Å². The summed E-state index contributed by atoms with van der Waals surface area (Å²) in [5.74, 6) is 0.577. The molecule has 202 valence electrons. The van der Waals surface area contributed by atoms with E-state index in [2.05, 4.69) is 41.4 Å². The minimum atomic E-state index is -4.83. The van der Waals surface area contributed by atoms with Crippen molar-refractivity contribution in [3.05, 3.63) is 63.7 Å². The van der Waals surface area contributed by atoms with Crippen molar-refractivity contribution in [1.29, 1.82) is 0 Å². The van der Waals surface area contributed by atoms with Crippen molar-refractivity contribution in [3.63, 3.8) is 0 Å². The van der Waals surface area contributed by atoms with Gasteiger partial charge in [0.2, 0.25) is 5.91 Å². The van der Waals surface area contributed by atoms with Crippen molar-refractivity contribution >= 4 is 23.0 Å². The molecule has 2 fully saturated rings. The van der Waals surface area contributed by atoms with Crippen LogP contribution in [-0.2, 0) is 11.0 Å². The fourth-order valence-corrected chi connectivity index (χ4v) is 5.07. The number of nitrogens with zero attached hydrogens (tertiary/aromatic N) is 3. The number of alkyl halides is 3. The van der Waals surface area contributed by atoms with Crippen LogP contribution in [-0.4, -0.2) is 48.0 Å². The third-order valence-electron chi connectivity index (χ3n) is 7.19. The van der Waals surface area contributed by atoms with E-state index in [0.717, 1.165) is 44.5 Å². The Morgan fingerprint density at radius 1 is 1.08 bits per heavy atom. The number of nitrogens with one attached hydrogen (secondary N) is 1. The van der Waals surface area contributed by atoms with Crippen molar-refractivity contribution in [3.8, 4) is 0 Å². The number of hydrogen-bond acceptors (Lipinski definition) is 5. The average molecular weight is 521 g/mol. The van der Waals surface area contributed by atoms with Gasteiger partial charge in [0.1, 0.15) is 5.56 Å². The summed E-state index contributed by atoms with van der Waals surface area (Å²) in [5, 5.41) is 14.0. The number of rotatable bonds is 7. The number of benzene rings is 2. The number of nitro groups is 1. The predicted molar refractivity (Wildman–Crippen MR) is 139 cm³/mol. The summed E-state index contributed by atoms with van der Waals surface area (Å²) < 4.78 is 39.7. The van der Waals surface area contributed by atoms with Gasteiger partial charge in [0.05, 0.1) is 4.92 Å². The van der Waals surface area contributed by atoms with Gasteiger partial charge in [-0.05, 0) is 62.8 Å². The zero-order valence-corrected chi connectivity index (χ0v) is 20.3. The smallest absolute Gasteiger partial charge is 0.380 e. The first kappa shape index (κ1) is 28.3. The molecule has 0 saturated carbocycles. The zero-order valence-electron chi connectivity index (χ0n) is 20.3. The molecule has 0 bridgehead atoms. The van der Waals surface area contributed by atoms with Gasteiger partial charge in [-0.15, -0.1) is 0 Å². The quantitative estimate of drug-likeness (QED) is 0.344. The lowest BCUT2D eigenvalue weighted by Gasteiger charge is -2.34. The SMILES string of the molecule is C.Cc1ccc(N2CCC(CCC(=O)N3CC[C@@H](Nc4ccc([N+](=O)[O-])c(C(F)(F)F)c4)C3)CC2)cc1. The highest BCUT2D eigenvalue weighted by molar-refractivity contribution is 5.76. The number of aryl methyl sites for hydroxylation is 1. The van der Waals surface area contributed by atoms with E-state index >= 15 is 0 Å². The van der Waals surface area contributed by atoms with Crippen LogP contribution >= 0.6 is 0 Å². The van der Waals surface area contributed by atoms with Crippen LogP contribution in [0.4, 0.5) is 30.2 Å². The molecule has 7 nitrogen and oxygen atoms in total. The molecule has 10 heteroatoms. The van der Waals surface area contributed by atoms with Crippen LogP contribution in [0.5, 0.6) is 0 Å². The fourth-order valence-electron chi connectivity index (χ4n) is 5.07. The first-order valence-electron chi connectivity index (χ1n) is 12.3. The van der Waals surface area contributed by atoms with Crippen LogP contribution in [0.2, 0.25) is 0 Å². The summed E-state index contributed by atoms with van der Waals surface area (Å²) in [6, 6.07) is 11.3. The lowest BCUT2D eigenvalue weighted by molar-refractivity contribution is -0.388. The molecule has 2 aliphatic rings. The topological polar surface area (TPSA) is 78.7 Å². The van der Waals surface area contributed by atoms with Crippen LogP contribution in [0, 0.1) is 23.0 Å². The van der Waals surface area contributed by atoms with Crippen molar-refractivity contribution in [2.45, 2.75) is 58.7 Å². The van der Waals surface area contributed by atoms with Gasteiger partial charge in [0.15, 0.2) is 0 Å². The Morgan fingerprint density at radius 2 is 1.76 bits per heavy atom. The first-order chi connectivity index (χ1) is 17.1. The van der Waals surface area contributed by atoms with Crippen LogP contribution in [0.3, 0.4) is 0 Å². The molecule has 4 rings (SSSR count). The number of nitro benzene ring substituents is 1. The molecule has 0 aliphatic carbocycles. The Bertz CT molecular complexity index is 1080. The molecule has 0 unspecified atom stereocenters. The summed E-state index contributed by atoms with van der Waals surface area (Å²) in [6.45, 7) is 4.98. The maximum absolute atomic E-state index is 13.2. The first-order valence-corrected chi connectivity index (χ1v) is 12.3. The van der Waals surface area contributed by atoms with E-state index in [1.807, 2.05) is 0 Å². The van der Waals surface area contributed by atoms with Crippen LogP contribution in [0.15, 0.2) is 42.5 Å². The molecular weight excluding hydrogens is 485 g/mol. The molecule has 1 amide bonds. The number of anilines is 2. The van der Waals surface area contributed by atoms with Gasteiger partial charge in [-0.3, -0.25) is 14.9 Å². The van der Waals surface area contributed by atoms with Crippen molar-refractivity contribution in [2.75, 3.05) is 36.4 Å². The summed E-state index contributed by atoms with van der Waals surface area (Å²) in [4.78, 5) is 26.8. The number of carbonyl (C=O) groups is 1. The summed E-state index contributed by atoms with van der Waals surface area (Å²) in [5.41, 5.74) is 0.386. The molecule has 2 aromatic carbocycles. The Balaban J connectivity index is 0.00000380. The van der Waals surface area contributed by atoms with Crippen LogP contribution in [0.1, 0.15) is 50.7 Å². The standard InChI is InChI=1S/C26H31F3N4O3.CH4/c1-18-2-6-22(7-3-18)31-13-10-19(11-14-31)4-9-25(34)32-15-12-21(17-32)30-20-5-8-24(33(35)36)23(16-20)26(27,28)29;/h2-3,5-8,16,19,21,30H,4,9-15,17H2,1H3;1H4/t21-;/m1./s1. The molecule has 2 saturated heterocycles. The minimum absolute atomic E-state index is 0. The number of piperidine rings is 1. The molecule has 2 heterocycles.